The fraction of sp³-hybridized carbons (Fsp3) is 0.667. The van der Waals surface area contributed by atoms with E-state index in [2.05, 4.69) is 41.5 Å². The van der Waals surface area contributed by atoms with Gasteiger partial charge in [-0.25, -0.2) is 4.79 Å². The van der Waals surface area contributed by atoms with Crippen LogP contribution in [0.2, 0.25) is 0 Å². The lowest BCUT2D eigenvalue weighted by atomic mass is 9.75. The third-order valence-electron chi connectivity index (χ3n) is 5.12. The topological polar surface area (TPSA) is 46.5 Å². The molecule has 3 heteroatoms. The maximum absolute atomic E-state index is 12.5. The normalized spacial score (nSPS) is 12.5. The van der Waals surface area contributed by atoms with Gasteiger partial charge in [-0.05, 0) is 41.7 Å². The highest BCUT2D eigenvalue weighted by Crippen LogP contribution is 2.42. The number of aromatic hydroxyl groups is 1. The standard InChI is InChI=1S/C21H34O3/c1-9-20(5,6)16-11-15(19(23)24-13-14(3)4)12-17(18(16)22)21(7,8)10-2/h11-12,14,22H,9-10,13H2,1-8H3. The largest absolute Gasteiger partial charge is 0.507 e. The van der Waals surface area contributed by atoms with Crippen molar-refractivity contribution in [2.75, 3.05) is 6.61 Å². The summed E-state index contributed by atoms with van der Waals surface area (Å²) in [6.45, 7) is 17.0. The zero-order chi connectivity index (χ0) is 18.7. The number of carbonyl (C=O) groups excluding carboxylic acids is 1. The monoisotopic (exact) mass is 334 g/mol. The maximum Gasteiger partial charge on any atom is 0.338 e. The molecule has 0 atom stereocenters. The Kier molecular flexibility index (Phi) is 6.49. The van der Waals surface area contributed by atoms with Crippen molar-refractivity contribution in [3.05, 3.63) is 28.8 Å². The number of hydrogen-bond acceptors (Lipinski definition) is 3. The van der Waals surface area contributed by atoms with Gasteiger partial charge in [-0.15, -0.1) is 0 Å². The van der Waals surface area contributed by atoms with Crippen LogP contribution >= 0.6 is 0 Å². The van der Waals surface area contributed by atoms with E-state index in [1.165, 1.54) is 0 Å². The first-order valence-corrected chi connectivity index (χ1v) is 9.01. The minimum Gasteiger partial charge on any atom is -0.507 e. The fourth-order valence-corrected chi connectivity index (χ4v) is 2.49. The highest BCUT2D eigenvalue weighted by Gasteiger charge is 2.31. The molecule has 24 heavy (non-hydrogen) atoms. The van der Waals surface area contributed by atoms with Gasteiger partial charge in [-0.3, -0.25) is 0 Å². The summed E-state index contributed by atoms with van der Waals surface area (Å²) in [4.78, 5) is 12.5. The Morgan fingerprint density at radius 3 is 1.79 bits per heavy atom. The highest BCUT2D eigenvalue weighted by atomic mass is 16.5. The minimum absolute atomic E-state index is 0.211. The molecule has 0 unspecified atom stereocenters. The van der Waals surface area contributed by atoms with E-state index in [4.69, 9.17) is 4.74 Å². The molecule has 0 aromatic heterocycles. The van der Waals surface area contributed by atoms with Gasteiger partial charge in [0, 0.05) is 11.1 Å². The van der Waals surface area contributed by atoms with Crippen LogP contribution in [0.4, 0.5) is 0 Å². The van der Waals surface area contributed by atoms with Crippen molar-refractivity contribution in [1.82, 2.24) is 0 Å². The molecule has 0 amide bonds. The van der Waals surface area contributed by atoms with Crippen LogP contribution in [0.25, 0.3) is 0 Å². The molecule has 0 radical (unpaired) electrons. The number of phenolic OH excluding ortho intramolecular Hbond substituents is 1. The van der Waals surface area contributed by atoms with Crippen molar-refractivity contribution < 1.29 is 14.6 Å². The first-order chi connectivity index (χ1) is 11.0. The molecule has 0 fully saturated rings. The van der Waals surface area contributed by atoms with Crippen molar-refractivity contribution in [2.24, 2.45) is 5.92 Å². The number of carbonyl (C=O) groups is 1. The molecule has 0 aliphatic rings. The molecule has 0 aliphatic carbocycles. The average molecular weight is 335 g/mol. The zero-order valence-electron chi connectivity index (χ0n) is 16.6. The van der Waals surface area contributed by atoms with E-state index in [0.29, 0.717) is 23.8 Å². The zero-order valence-corrected chi connectivity index (χ0v) is 16.6. The molecular weight excluding hydrogens is 300 g/mol. The van der Waals surface area contributed by atoms with Crippen LogP contribution in [0.5, 0.6) is 5.75 Å². The van der Waals surface area contributed by atoms with Crippen LogP contribution in [0.1, 0.15) is 89.7 Å². The van der Waals surface area contributed by atoms with Crippen molar-refractivity contribution in [2.45, 2.75) is 79.1 Å². The number of esters is 1. The Hall–Kier alpha value is -1.51. The molecule has 1 aromatic carbocycles. The van der Waals surface area contributed by atoms with E-state index in [-0.39, 0.29) is 16.8 Å². The summed E-state index contributed by atoms with van der Waals surface area (Å²) in [5, 5.41) is 10.9. The SMILES string of the molecule is CCC(C)(C)c1cc(C(=O)OCC(C)C)cc(C(C)(C)CC)c1O. The Labute approximate surface area is 147 Å². The lowest BCUT2D eigenvalue weighted by Crippen LogP contribution is -2.22. The van der Waals surface area contributed by atoms with Gasteiger partial charge in [0.1, 0.15) is 5.75 Å². The van der Waals surface area contributed by atoms with Crippen LogP contribution < -0.4 is 0 Å². The fourth-order valence-electron chi connectivity index (χ4n) is 2.49. The molecule has 3 nitrogen and oxygen atoms in total. The van der Waals surface area contributed by atoms with Crippen LogP contribution in [-0.2, 0) is 15.6 Å². The first kappa shape index (κ1) is 20.5. The maximum atomic E-state index is 12.5. The molecule has 136 valence electrons. The number of phenols is 1. The van der Waals surface area contributed by atoms with Gasteiger partial charge in [0.15, 0.2) is 0 Å². The number of ether oxygens (including phenoxy) is 1. The minimum atomic E-state index is -0.315. The molecule has 0 spiro atoms. The van der Waals surface area contributed by atoms with E-state index in [9.17, 15) is 9.90 Å². The van der Waals surface area contributed by atoms with E-state index in [0.717, 1.165) is 24.0 Å². The van der Waals surface area contributed by atoms with Gasteiger partial charge in [0.05, 0.1) is 12.2 Å². The molecule has 0 saturated heterocycles. The molecule has 1 aromatic rings. The predicted molar refractivity (Wildman–Crippen MR) is 99.9 cm³/mol. The predicted octanol–water partition coefficient (Wildman–Crippen LogP) is 5.58. The molecule has 0 bridgehead atoms. The molecular formula is C21H34O3. The Balaban J connectivity index is 3.48. The van der Waals surface area contributed by atoms with E-state index < -0.39 is 0 Å². The molecule has 0 aliphatic heterocycles. The number of rotatable bonds is 7. The van der Waals surface area contributed by atoms with Crippen molar-refractivity contribution in [3.63, 3.8) is 0 Å². The Bertz CT molecular complexity index is 546. The van der Waals surface area contributed by atoms with Crippen molar-refractivity contribution in [1.29, 1.82) is 0 Å². The van der Waals surface area contributed by atoms with E-state index in [1.807, 2.05) is 13.8 Å². The Morgan fingerprint density at radius 2 is 1.46 bits per heavy atom. The van der Waals surface area contributed by atoms with Gasteiger partial charge < -0.3 is 9.84 Å². The van der Waals surface area contributed by atoms with E-state index in [1.54, 1.807) is 12.1 Å². The second-order valence-electron chi connectivity index (χ2n) is 8.39. The van der Waals surface area contributed by atoms with Crippen LogP contribution in [0.15, 0.2) is 12.1 Å². The molecule has 1 N–H and O–H groups in total. The van der Waals surface area contributed by atoms with Crippen molar-refractivity contribution >= 4 is 5.97 Å². The summed E-state index contributed by atoms with van der Waals surface area (Å²) < 4.78 is 5.41. The Morgan fingerprint density at radius 1 is 1.04 bits per heavy atom. The third-order valence-corrected chi connectivity index (χ3v) is 5.12. The second-order valence-corrected chi connectivity index (χ2v) is 8.39. The van der Waals surface area contributed by atoms with Crippen LogP contribution in [0, 0.1) is 5.92 Å². The summed E-state index contributed by atoms with van der Waals surface area (Å²) in [5.74, 6) is 0.295. The van der Waals surface area contributed by atoms with Gasteiger partial charge >= 0.3 is 5.97 Å². The third kappa shape index (κ3) is 4.52. The molecule has 0 saturated carbocycles. The van der Waals surface area contributed by atoms with Gasteiger partial charge in [0.2, 0.25) is 0 Å². The number of benzene rings is 1. The van der Waals surface area contributed by atoms with Crippen LogP contribution in [0.3, 0.4) is 0 Å². The van der Waals surface area contributed by atoms with Crippen molar-refractivity contribution in [3.8, 4) is 5.75 Å². The smallest absolute Gasteiger partial charge is 0.338 e. The second kappa shape index (κ2) is 7.58. The molecule has 0 heterocycles. The summed E-state index contributed by atoms with van der Waals surface area (Å²) in [7, 11) is 0. The van der Waals surface area contributed by atoms with Gasteiger partial charge in [0.25, 0.3) is 0 Å². The quantitative estimate of drug-likeness (QED) is 0.662. The van der Waals surface area contributed by atoms with Crippen LogP contribution in [-0.4, -0.2) is 17.7 Å². The first-order valence-electron chi connectivity index (χ1n) is 9.01. The molecule has 1 rings (SSSR count). The lowest BCUT2D eigenvalue weighted by Gasteiger charge is -2.31. The van der Waals surface area contributed by atoms with E-state index >= 15 is 0 Å². The highest BCUT2D eigenvalue weighted by molar-refractivity contribution is 5.90. The van der Waals surface area contributed by atoms with Gasteiger partial charge in [-0.1, -0.05) is 55.4 Å². The van der Waals surface area contributed by atoms with Gasteiger partial charge in [-0.2, -0.15) is 0 Å². The average Bonchev–Trinajstić information content (AvgIpc) is 2.52. The summed E-state index contributed by atoms with van der Waals surface area (Å²) in [6.07, 6.45) is 1.74. The summed E-state index contributed by atoms with van der Waals surface area (Å²) in [5.41, 5.74) is 1.75. The summed E-state index contributed by atoms with van der Waals surface area (Å²) in [6, 6.07) is 3.60. The lowest BCUT2D eigenvalue weighted by molar-refractivity contribution is 0.0458. The summed E-state index contributed by atoms with van der Waals surface area (Å²) >= 11 is 0. The number of hydrogen-bond donors (Lipinski definition) is 1.